The van der Waals surface area contributed by atoms with E-state index in [0.29, 0.717) is 23.9 Å². The van der Waals surface area contributed by atoms with Gasteiger partial charge in [-0.2, -0.15) is 0 Å². The predicted octanol–water partition coefficient (Wildman–Crippen LogP) is 8.06. The molecule has 0 fully saturated rings. The lowest BCUT2D eigenvalue weighted by atomic mass is 10.0. The van der Waals surface area contributed by atoms with Crippen LogP contribution in [0.1, 0.15) is 117 Å². The molecule has 0 saturated carbocycles. The van der Waals surface area contributed by atoms with Gasteiger partial charge in [0, 0.05) is 6.42 Å². The van der Waals surface area contributed by atoms with Crippen LogP contribution in [0.25, 0.3) is 0 Å². The van der Waals surface area contributed by atoms with Gasteiger partial charge in [-0.05, 0) is 25.7 Å². The van der Waals surface area contributed by atoms with Gasteiger partial charge in [-0.15, -0.1) is 0 Å². The van der Waals surface area contributed by atoms with Crippen molar-refractivity contribution in [1.82, 2.24) is 0 Å². The number of rotatable bonds is 21. The van der Waals surface area contributed by atoms with Gasteiger partial charge in [-0.1, -0.05) is 96.6 Å². The number of hydrogen-bond acceptors (Lipinski definition) is 2. The Morgan fingerprint density at radius 1 is 0.767 bits per heavy atom. The van der Waals surface area contributed by atoms with E-state index in [9.17, 15) is 9.46 Å². The van der Waals surface area contributed by atoms with E-state index in [1.165, 1.54) is 77.0 Å². The Morgan fingerprint density at radius 3 is 1.70 bits per heavy atom. The molecule has 0 aliphatic heterocycles. The van der Waals surface area contributed by atoms with E-state index in [1.54, 1.807) is 0 Å². The van der Waals surface area contributed by atoms with Crippen LogP contribution in [0.5, 0.6) is 0 Å². The van der Waals surface area contributed by atoms with Gasteiger partial charge in [0.1, 0.15) is 0 Å². The van der Waals surface area contributed by atoms with Crippen molar-refractivity contribution in [2.45, 2.75) is 122 Å². The summed E-state index contributed by atoms with van der Waals surface area (Å²) >= 11 is 0. The summed E-state index contributed by atoms with van der Waals surface area (Å²) in [7, 11) is 2.29. The third-order valence-corrected chi connectivity index (χ3v) is 8.03. The second-order valence-electron chi connectivity index (χ2n) is 9.72. The topological polar surface area (TPSA) is 46.5 Å². The molecule has 1 N–H and O–H groups in total. The van der Waals surface area contributed by atoms with Crippen LogP contribution in [0, 0.1) is 0 Å². The molecular weight excluding hydrogens is 393 g/mol. The fraction of sp³-hybridized carbons (Fsp3) is 0.920. The molecule has 0 saturated heterocycles. The lowest BCUT2D eigenvalue weighted by Crippen LogP contribution is -2.45. The number of nitrogens with zero attached hydrogens (tertiary/aromatic N) is 1. The first-order chi connectivity index (χ1) is 14.3. The second kappa shape index (κ2) is 18.4. The monoisotopic (exact) mass is 446 g/mol. The van der Waals surface area contributed by atoms with Crippen LogP contribution in [-0.2, 0) is 9.09 Å². The normalized spacial score (nSPS) is 15.5. The van der Waals surface area contributed by atoms with Crippen molar-refractivity contribution in [3.05, 3.63) is 12.2 Å². The van der Waals surface area contributed by atoms with Crippen molar-refractivity contribution in [3.63, 3.8) is 0 Å². The highest BCUT2D eigenvalue weighted by Crippen LogP contribution is 2.51. The van der Waals surface area contributed by atoms with E-state index in [-0.39, 0.29) is 5.78 Å². The minimum atomic E-state index is -3.59. The molecule has 4 nitrogen and oxygen atoms in total. The van der Waals surface area contributed by atoms with Gasteiger partial charge in [0.25, 0.3) is 0 Å². The molecule has 0 aromatic heterocycles. The molecule has 0 bridgehead atoms. The fourth-order valence-electron chi connectivity index (χ4n) is 3.92. The van der Waals surface area contributed by atoms with Crippen molar-refractivity contribution in [3.8, 4) is 0 Å². The summed E-state index contributed by atoms with van der Waals surface area (Å²) in [6, 6.07) is 0. The highest BCUT2D eigenvalue weighted by molar-refractivity contribution is 7.53. The molecule has 0 aliphatic rings. The molecule has 0 aromatic rings. The maximum atomic E-state index is 12.6. The Balaban J connectivity index is 3.64. The van der Waals surface area contributed by atoms with Gasteiger partial charge in [-0.3, -0.25) is 4.57 Å². The Labute approximate surface area is 188 Å². The summed E-state index contributed by atoms with van der Waals surface area (Å²) in [5.41, 5.74) is 0. The fourth-order valence-corrected chi connectivity index (χ4v) is 5.92. The summed E-state index contributed by atoms with van der Waals surface area (Å²) in [5, 5.41) is 0. The average Bonchev–Trinajstić information content (AvgIpc) is 2.67. The molecule has 0 spiro atoms. The highest BCUT2D eigenvalue weighted by Gasteiger charge is 2.41. The Bertz CT molecular complexity index is 460. The Morgan fingerprint density at radius 2 is 1.23 bits per heavy atom. The van der Waals surface area contributed by atoms with E-state index >= 15 is 0 Å². The zero-order valence-corrected chi connectivity index (χ0v) is 21.8. The van der Waals surface area contributed by atoms with Crippen molar-refractivity contribution < 1.29 is 18.5 Å². The Kier molecular flexibility index (Phi) is 18.3. The molecule has 5 heteroatoms. The molecule has 0 amide bonds. The van der Waals surface area contributed by atoms with E-state index in [2.05, 4.69) is 19.1 Å². The molecule has 30 heavy (non-hydrogen) atoms. The third-order valence-electron chi connectivity index (χ3n) is 5.77. The second-order valence-corrected chi connectivity index (χ2v) is 11.7. The van der Waals surface area contributed by atoms with Crippen molar-refractivity contribution in [2.24, 2.45) is 0 Å². The third kappa shape index (κ3) is 16.5. The van der Waals surface area contributed by atoms with Gasteiger partial charge in [0.2, 0.25) is 0 Å². The maximum Gasteiger partial charge on any atom is 0.385 e. The first-order valence-corrected chi connectivity index (χ1v) is 14.3. The summed E-state index contributed by atoms with van der Waals surface area (Å²) < 4.78 is 18.5. The van der Waals surface area contributed by atoms with Crippen LogP contribution < -0.4 is 0 Å². The number of hydrogen-bond donors (Lipinski definition) is 1. The first kappa shape index (κ1) is 29.9. The minimum absolute atomic E-state index is 0.322. The molecule has 0 aliphatic carbocycles. The summed E-state index contributed by atoms with van der Waals surface area (Å²) in [6.45, 7) is 4.64. The molecule has 2 unspecified atom stereocenters. The van der Waals surface area contributed by atoms with E-state index in [4.69, 9.17) is 4.52 Å². The zero-order chi connectivity index (χ0) is 22.7. The number of unbranched alkanes of at least 4 members (excludes halogenated alkanes) is 12. The van der Waals surface area contributed by atoms with Crippen molar-refractivity contribution in [1.29, 1.82) is 0 Å². The van der Waals surface area contributed by atoms with Gasteiger partial charge in [-0.25, -0.2) is 0 Å². The predicted molar refractivity (Wildman–Crippen MR) is 132 cm³/mol. The highest BCUT2D eigenvalue weighted by atomic mass is 31.2. The lowest BCUT2D eigenvalue weighted by Gasteiger charge is -2.35. The van der Waals surface area contributed by atoms with E-state index < -0.39 is 7.60 Å². The molecule has 0 heterocycles. The quantitative estimate of drug-likeness (QED) is 0.0839. The van der Waals surface area contributed by atoms with Crippen molar-refractivity contribution in [2.75, 3.05) is 27.7 Å². The number of quaternary nitrogens is 1. The van der Waals surface area contributed by atoms with E-state index in [1.807, 2.05) is 28.1 Å². The van der Waals surface area contributed by atoms with Crippen LogP contribution in [0.2, 0.25) is 0 Å². The summed E-state index contributed by atoms with van der Waals surface area (Å²) in [4.78, 5) is 10.4. The molecule has 0 rings (SSSR count). The van der Waals surface area contributed by atoms with Crippen LogP contribution >= 0.6 is 7.60 Å². The molecule has 0 radical (unpaired) electrons. The van der Waals surface area contributed by atoms with Gasteiger partial charge < -0.3 is 13.9 Å². The van der Waals surface area contributed by atoms with Crippen LogP contribution in [0.3, 0.4) is 0 Å². The summed E-state index contributed by atoms with van der Waals surface area (Å²) in [5.74, 6) is -0.354. The molecule has 180 valence electrons. The lowest BCUT2D eigenvalue weighted by molar-refractivity contribution is -0.883. The molecule has 2 atom stereocenters. The molecular formula is C25H53NO3P+. The van der Waals surface area contributed by atoms with Gasteiger partial charge >= 0.3 is 7.60 Å². The maximum absolute atomic E-state index is 12.6. The number of allylic oxidation sites excluding steroid dienone is 1. The standard InChI is InChI=1S/C25H52NO3P/c1-6-8-9-10-11-12-13-14-15-16-17-18-19-20-21-22-24-29-30(27,28)25(23-7-2)26(3,4)5/h20-21,25H,6-19,22-24H2,1-5H3/p+1. The zero-order valence-electron chi connectivity index (χ0n) is 20.9. The molecule has 0 aromatic carbocycles. The van der Waals surface area contributed by atoms with Gasteiger partial charge in [0.15, 0.2) is 5.78 Å². The smallest absolute Gasteiger partial charge is 0.320 e. The largest absolute Gasteiger partial charge is 0.385 e. The Hall–Kier alpha value is -0.150. The summed E-state index contributed by atoms with van der Waals surface area (Å²) in [6.07, 6.45) is 24.2. The van der Waals surface area contributed by atoms with Crippen LogP contribution in [0.15, 0.2) is 12.2 Å². The first-order valence-electron chi connectivity index (χ1n) is 12.7. The van der Waals surface area contributed by atoms with Crippen molar-refractivity contribution >= 4 is 7.60 Å². The van der Waals surface area contributed by atoms with Crippen LogP contribution in [-0.4, -0.2) is 42.9 Å². The van der Waals surface area contributed by atoms with Crippen LogP contribution in [0.4, 0.5) is 0 Å². The minimum Gasteiger partial charge on any atom is -0.320 e. The van der Waals surface area contributed by atoms with Gasteiger partial charge in [0.05, 0.1) is 27.7 Å². The SMILES string of the molecule is CCCCCCCCCCCCCCC=CCCOP(=O)(O)C(CCC)[N+](C)(C)C. The average molecular weight is 447 g/mol. The van der Waals surface area contributed by atoms with E-state index in [0.717, 1.165) is 12.8 Å².